The standard InChI is InChI=1S/C15H20N2OS/c1-3-14(12-4-6-13(18-2)7-5-12)16-9-8-15-17-10-11-19-15/h4-7,10-11,14,16H,3,8-9H2,1-2H3. The van der Waals surface area contributed by atoms with Gasteiger partial charge in [0.05, 0.1) is 12.1 Å². The number of thiazole rings is 1. The van der Waals surface area contributed by atoms with Crippen LogP contribution in [0.3, 0.4) is 0 Å². The fourth-order valence-corrected chi connectivity index (χ4v) is 2.68. The van der Waals surface area contributed by atoms with Crippen molar-refractivity contribution in [3.63, 3.8) is 0 Å². The number of hydrogen-bond donors (Lipinski definition) is 1. The lowest BCUT2D eigenvalue weighted by molar-refractivity contribution is 0.414. The molecule has 0 fully saturated rings. The van der Waals surface area contributed by atoms with Crippen molar-refractivity contribution >= 4 is 11.3 Å². The summed E-state index contributed by atoms with van der Waals surface area (Å²) in [6, 6.07) is 8.68. The smallest absolute Gasteiger partial charge is 0.118 e. The van der Waals surface area contributed by atoms with E-state index in [1.54, 1.807) is 18.4 Å². The molecule has 2 rings (SSSR count). The zero-order valence-corrected chi connectivity index (χ0v) is 12.2. The van der Waals surface area contributed by atoms with Gasteiger partial charge in [-0.05, 0) is 24.1 Å². The minimum atomic E-state index is 0.394. The normalized spacial score (nSPS) is 12.3. The van der Waals surface area contributed by atoms with Crippen LogP contribution in [0.15, 0.2) is 35.8 Å². The summed E-state index contributed by atoms with van der Waals surface area (Å²) < 4.78 is 5.19. The van der Waals surface area contributed by atoms with Crippen LogP contribution in [0.1, 0.15) is 30.0 Å². The van der Waals surface area contributed by atoms with Crippen LogP contribution < -0.4 is 10.1 Å². The van der Waals surface area contributed by atoms with E-state index in [0.717, 1.165) is 25.1 Å². The second-order valence-corrected chi connectivity index (χ2v) is 5.34. The first-order chi connectivity index (χ1) is 9.33. The highest BCUT2D eigenvalue weighted by Gasteiger charge is 2.08. The molecule has 0 amide bonds. The third kappa shape index (κ3) is 4.04. The molecule has 0 bridgehead atoms. The Morgan fingerprint density at radius 1 is 1.32 bits per heavy atom. The molecule has 0 saturated carbocycles. The second-order valence-electron chi connectivity index (χ2n) is 4.36. The number of aromatic nitrogens is 1. The molecule has 0 aliphatic rings. The fourth-order valence-electron chi connectivity index (χ4n) is 2.06. The minimum Gasteiger partial charge on any atom is -0.497 e. The summed E-state index contributed by atoms with van der Waals surface area (Å²) in [6.45, 7) is 3.16. The van der Waals surface area contributed by atoms with E-state index in [1.165, 1.54) is 10.6 Å². The molecule has 0 radical (unpaired) electrons. The topological polar surface area (TPSA) is 34.2 Å². The van der Waals surface area contributed by atoms with E-state index in [4.69, 9.17) is 4.74 Å². The lowest BCUT2D eigenvalue weighted by Gasteiger charge is -2.17. The van der Waals surface area contributed by atoms with Gasteiger partial charge in [-0.2, -0.15) is 0 Å². The summed E-state index contributed by atoms with van der Waals surface area (Å²) in [5.41, 5.74) is 1.31. The Bertz CT molecular complexity index is 467. The van der Waals surface area contributed by atoms with Gasteiger partial charge in [0.15, 0.2) is 0 Å². The molecule has 1 aromatic carbocycles. The summed E-state index contributed by atoms with van der Waals surface area (Å²) in [6.07, 6.45) is 3.93. The number of methoxy groups -OCH3 is 1. The van der Waals surface area contributed by atoms with Crippen LogP contribution in [-0.4, -0.2) is 18.6 Å². The molecule has 0 spiro atoms. The largest absolute Gasteiger partial charge is 0.497 e. The average Bonchev–Trinajstić information content (AvgIpc) is 2.97. The second kappa shape index (κ2) is 7.26. The Morgan fingerprint density at radius 2 is 2.11 bits per heavy atom. The maximum absolute atomic E-state index is 5.19. The van der Waals surface area contributed by atoms with Crippen LogP contribution in [-0.2, 0) is 6.42 Å². The Labute approximate surface area is 118 Å². The monoisotopic (exact) mass is 276 g/mol. The number of nitrogens with zero attached hydrogens (tertiary/aromatic N) is 1. The van der Waals surface area contributed by atoms with Gasteiger partial charge in [-0.25, -0.2) is 4.98 Å². The van der Waals surface area contributed by atoms with Crippen molar-refractivity contribution in [2.24, 2.45) is 0 Å². The molecule has 1 N–H and O–H groups in total. The zero-order valence-electron chi connectivity index (χ0n) is 11.4. The van der Waals surface area contributed by atoms with Crippen LogP contribution in [0, 0.1) is 0 Å². The van der Waals surface area contributed by atoms with E-state index in [9.17, 15) is 0 Å². The maximum atomic E-state index is 5.19. The van der Waals surface area contributed by atoms with Crippen LogP contribution in [0.25, 0.3) is 0 Å². The Balaban J connectivity index is 1.88. The van der Waals surface area contributed by atoms with Crippen molar-refractivity contribution in [2.45, 2.75) is 25.8 Å². The molecule has 1 heterocycles. The summed E-state index contributed by atoms with van der Waals surface area (Å²) in [7, 11) is 1.69. The first-order valence-corrected chi connectivity index (χ1v) is 7.47. The van der Waals surface area contributed by atoms with Gasteiger partial charge in [-0.3, -0.25) is 0 Å². The van der Waals surface area contributed by atoms with Gasteiger partial charge in [0.25, 0.3) is 0 Å². The predicted molar refractivity (Wildman–Crippen MR) is 79.8 cm³/mol. The molecule has 2 aromatic rings. The van der Waals surface area contributed by atoms with Gasteiger partial charge in [0.1, 0.15) is 5.75 Å². The number of ether oxygens (including phenoxy) is 1. The van der Waals surface area contributed by atoms with Gasteiger partial charge in [-0.1, -0.05) is 19.1 Å². The molecule has 3 nitrogen and oxygen atoms in total. The van der Waals surface area contributed by atoms with Gasteiger partial charge in [-0.15, -0.1) is 11.3 Å². The Morgan fingerprint density at radius 3 is 2.68 bits per heavy atom. The number of hydrogen-bond acceptors (Lipinski definition) is 4. The quantitative estimate of drug-likeness (QED) is 0.841. The maximum Gasteiger partial charge on any atom is 0.118 e. The molecule has 19 heavy (non-hydrogen) atoms. The Hall–Kier alpha value is -1.39. The van der Waals surface area contributed by atoms with E-state index < -0.39 is 0 Å². The number of benzene rings is 1. The molecule has 4 heteroatoms. The molecular weight excluding hydrogens is 256 g/mol. The molecule has 1 atom stereocenters. The van der Waals surface area contributed by atoms with Gasteiger partial charge < -0.3 is 10.1 Å². The predicted octanol–water partition coefficient (Wildman–Crippen LogP) is 3.44. The fraction of sp³-hybridized carbons (Fsp3) is 0.400. The highest BCUT2D eigenvalue weighted by Crippen LogP contribution is 2.20. The highest BCUT2D eigenvalue weighted by molar-refractivity contribution is 7.09. The molecule has 0 saturated heterocycles. The third-order valence-corrected chi connectivity index (χ3v) is 3.98. The third-order valence-electron chi connectivity index (χ3n) is 3.14. The first kappa shape index (κ1) is 14.0. The minimum absolute atomic E-state index is 0.394. The van der Waals surface area contributed by atoms with Crippen molar-refractivity contribution in [3.8, 4) is 5.75 Å². The van der Waals surface area contributed by atoms with Gasteiger partial charge in [0, 0.05) is 30.6 Å². The van der Waals surface area contributed by atoms with Crippen molar-refractivity contribution < 1.29 is 4.74 Å². The lowest BCUT2D eigenvalue weighted by atomic mass is 10.0. The van der Waals surface area contributed by atoms with E-state index in [-0.39, 0.29) is 0 Å². The van der Waals surface area contributed by atoms with E-state index in [0.29, 0.717) is 6.04 Å². The molecular formula is C15H20N2OS. The summed E-state index contributed by atoms with van der Waals surface area (Å²) in [5, 5.41) is 6.80. The SMILES string of the molecule is CCC(NCCc1nccs1)c1ccc(OC)cc1. The van der Waals surface area contributed by atoms with E-state index in [2.05, 4.69) is 29.4 Å². The lowest BCUT2D eigenvalue weighted by Crippen LogP contribution is -2.23. The Kier molecular flexibility index (Phi) is 5.36. The average molecular weight is 276 g/mol. The van der Waals surface area contributed by atoms with Gasteiger partial charge >= 0.3 is 0 Å². The van der Waals surface area contributed by atoms with Crippen molar-refractivity contribution in [3.05, 3.63) is 46.4 Å². The van der Waals surface area contributed by atoms with Crippen molar-refractivity contribution in [2.75, 3.05) is 13.7 Å². The summed E-state index contributed by atoms with van der Waals surface area (Å²) in [5.74, 6) is 0.904. The van der Waals surface area contributed by atoms with Crippen LogP contribution in [0.2, 0.25) is 0 Å². The van der Waals surface area contributed by atoms with Crippen LogP contribution in [0.5, 0.6) is 5.75 Å². The first-order valence-electron chi connectivity index (χ1n) is 6.59. The molecule has 102 valence electrons. The van der Waals surface area contributed by atoms with Crippen molar-refractivity contribution in [1.29, 1.82) is 0 Å². The number of nitrogens with one attached hydrogen (secondary N) is 1. The summed E-state index contributed by atoms with van der Waals surface area (Å²) in [4.78, 5) is 4.30. The summed E-state index contributed by atoms with van der Waals surface area (Å²) >= 11 is 1.72. The zero-order chi connectivity index (χ0) is 13.5. The number of rotatable bonds is 7. The van der Waals surface area contributed by atoms with E-state index in [1.807, 2.05) is 23.7 Å². The van der Waals surface area contributed by atoms with Gasteiger partial charge in [0.2, 0.25) is 0 Å². The van der Waals surface area contributed by atoms with Crippen LogP contribution >= 0.6 is 11.3 Å². The highest BCUT2D eigenvalue weighted by atomic mass is 32.1. The molecule has 0 aliphatic carbocycles. The molecule has 0 aliphatic heterocycles. The van der Waals surface area contributed by atoms with Crippen LogP contribution in [0.4, 0.5) is 0 Å². The van der Waals surface area contributed by atoms with Crippen molar-refractivity contribution in [1.82, 2.24) is 10.3 Å². The molecule has 1 aromatic heterocycles. The van der Waals surface area contributed by atoms with E-state index >= 15 is 0 Å². The molecule has 1 unspecified atom stereocenters.